The van der Waals surface area contributed by atoms with Crippen molar-refractivity contribution in [2.75, 3.05) is 60.6 Å². The number of carbonyl (C=O) groups is 3. The number of ether oxygens (including phenoxy) is 3. The zero-order chi connectivity index (χ0) is 30.9. The fraction of sp³-hybridized carbons (Fsp3) is 0.300. The summed E-state index contributed by atoms with van der Waals surface area (Å²) in [4.78, 5) is 63.0. The Morgan fingerprint density at radius 3 is 1.12 bits per heavy atom. The van der Waals surface area contributed by atoms with Crippen LogP contribution in [-0.4, -0.2) is 117 Å². The van der Waals surface area contributed by atoms with Crippen molar-refractivity contribution in [1.29, 1.82) is 0 Å². The van der Waals surface area contributed by atoms with E-state index in [2.05, 4.69) is 49.0 Å². The third-order valence-corrected chi connectivity index (χ3v) is 5.93. The molecule has 13 nitrogen and oxygen atoms in total. The number of nitrogens with zero attached hydrogens (tertiary/aromatic N) is 7. The molecule has 0 aliphatic carbocycles. The topological polar surface area (TPSA) is 158 Å². The first kappa shape index (κ1) is 32.3. The number of hydrogen-bond acceptors (Lipinski definition) is 13. The lowest BCUT2D eigenvalue weighted by Crippen LogP contribution is -2.31. The molecule has 0 spiro atoms. The van der Waals surface area contributed by atoms with Crippen LogP contribution in [0.5, 0.6) is 0 Å². The molecular weight excluding hydrogens is 554 g/mol. The van der Waals surface area contributed by atoms with Crippen LogP contribution in [-0.2, 0) is 14.2 Å². The number of rotatable bonds is 15. The van der Waals surface area contributed by atoms with Gasteiger partial charge in [-0.1, -0.05) is 0 Å². The summed E-state index contributed by atoms with van der Waals surface area (Å²) in [6.07, 6.45) is 9.32. The van der Waals surface area contributed by atoms with Gasteiger partial charge < -0.3 is 14.2 Å². The van der Waals surface area contributed by atoms with E-state index in [1.54, 1.807) is 55.0 Å². The number of hydrogen-bond donors (Lipinski definition) is 0. The van der Waals surface area contributed by atoms with Crippen molar-refractivity contribution in [3.63, 3.8) is 0 Å². The summed E-state index contributed by atoms with van der Waals surface area (Å²) in [5.41, 5.74) is 3.00. The van der Waals surface area contributed by atoms with Crippen LogP contribution in [0.25, 0.3) is 0 Å². The Labute approximate surface area is 249 Å². The molecule has 0 N–H and O–H groups in total. The van der Waals surface area contributed by atoms with Gasteiger partial charge in [-0.25, -0.2) is 14.4 Å². The highest BCUT2D eigenvalue weighted by Gasteiger charge is 2.07. The van der Waals surface area contributed by atoms with E-state index in [0.29, 0.717) is 73.0 Å². The summed E-state index contributed by atoms with van der Waals surface area (Å²) in [6, 6.07) is 10.0. The molecule has 3 aromatic rings. The van der Waals surface area contributed by atoms with Gasteiger partial charge >= 0.3 is 17.9 Å². The zero-order valence-corrected chi connectivity index (χ0v) is 24.3. The average Bonchev–Trinajstić information content (AvgIpc) is 3.06. The molecule has 0 fully saturated rings. The average molecular weight is 588 g/mol. The zero-order valence-electron chi connectivity index (χ0n) is 24.3. The third kappa shape index (κ3) is 11.0. The van der Waals surface area contributed by atoms with Gasteiger partial charge in [0.25, 0.3) is 0 Å². The number of aromatic nitrogens is 3. The Bertz CT molecular complexity index is 1250. The summed E-state index contributed by atoms with van der Waals surface area (Å²) in [5, 5.41) is 0. The lowest BCUT2D eigenvalue weighted by Gasteiger charge is -2.19. The van der Waals surface area contributed by atoms with Gasteiger partial charge in [0.05, 0.1) is 74.7 Å². The predicted octanol–water partition coefficient (Wildman–Crippen LogP) is 2.19. The second-order valence-corrected chi connectivity index (χ2v) is 8.84. The minimum Gasteiger partial charge on any atom is -0.465 e. The fourth-order valence-corrected chi connectivity index (χ4v) is 3.57. The van der Waals surface area contributed by atoms with Gasteiger partial charge in [0, 0.05) is 56.9 Å². The molecule has 0 saturated carbocycles. The monoisotopic (exact) mass is 587 g/mol. The van der Waals surface area contributed by atoms with Gasteiger partial charge in [0.2, 0.25) is 0 Å². The molecule has 3 rings (SSSR count). The fourth-order valence-electron chi connectivity index (χ4n) is 3.57. The van der Waals surface area contributed by atoms with Crippen LogP contribution in [0, 0.1) is 0 Å². The van der Waals surface area contributed by atoms with E-state index >= 15 is 0 Å². The summed E-state index contributed by atoms with van der Waals surface area (Å²) in [6.45, 7) is 3.50. The van der Waals surface area contributed by atoms with Crippen molar-refractivity contribution in [3.8, 4) is 0 Å². The van der Waals surface area contributed by atoms with Gasteiger partial charge in [0.1, 0.15) is 0 Å². The minimum atomic E-state index is -0.445. The Hall–Kier alpha value is -5.17. The highest BCUT2D eigenvalue weighted by molar-refractivity contribution is 5.90. The van der Waals surface area contributed by atoms with Crippen molar-refractivity contribution < 1.29 is 28.6 Å². The molecule has 43 heavy (non-hydrogen) atoms. The first-order valence-corrected chi connectivity index (χ1v) is 13.3. The Morgan fingerprint density at radius 1 is 0.581 bits per heavy atom. The van der Waals surface area contributed by atoms with Crippen LogP contribution in [0.2, 0.25) is 0 Å². The van der Waals surface area contributed by atoms with Crippen molar-refractivity contribution in [2.24, 2.45) is 15.0 Å². The number of methoxy groups -OCH3 is 3. The molecule has 0 aromatic carbocycles. The first-order valence-electron chi connectivity index (χ1n) is 13.3. The Balaban J connectivity index is 1.55. The minimum absolute atomic E-state index is 0.371. The number of esters is 3. The van der Waals surface area contributed by atoms with Gasteiger partial charge in [0.15, 0.2) is 0 Å². The Kier molecular flexibility index (Phi) is 13.2. The van der Waals surface area contributed by atoms with Gasteiger partial charge in [-0.3, -0.25) is 34.8 Å². The van der Waals surface area contributed by atoms with E-state index in [9.17, 15) is 14.4 Å². The predicted molar refractivity (Wildman–Crippen MR) is 161 cm³/mol. The third-order valence-electron chi connectivity index (χ3n) is 5.93. The van der Waals surface area contributed by atoms with E-state index in [1.165, 1.54) is 39.9 Å². The number of pyridine rings is 3. The number of aliphatic imine (C=N–C) groups is 3. The molecule has 0 unspecified atom stereocenters. The van der Waals surface area contributed by atoms with Crippen molar-refractivity contribution in [2.45, 2.75) is 0 Å². The van der Waals surface area contributed by atoms with Crippen molar-refractivity contribution >= 4 is 36.6 Å². The van der Waals surface area contributed by atoms with Crippen LogP contribution < -0.4 is 0 Å². The maximum atomic E-state index is 11.6. The summed E-state index contributed by atoms with van der Waals surface area (Å²) >= 11 is 0. The molecule has 0 radical (unpaired) electrons. The van der Waals surface area contributed by atoms with Crippen molar-refractivity contribution in [3.05, 3.63) is 88.8 Å². The van der Waals surface area contributed by atoms with Gasteiger partial charge in [-0.15, -0.1) is 0 Å². The van der Waals surface area contributed by atoms with Gasteiger partial charge in [-0.05, 0) is 36.4 Å². The van der Waals surface area contributed by atoms with Crippen LogP contribution in [0.15, 0.2) is 70.0 Å². The van der Waals surface area contributed by atoms with Crippen LogP contribution in [0.4, 0.5) is 0 Å². The van der Waals surface area contributed by atoms with E-state index in [0.717, 1.165) is 0 Å². The largest absolute Gasteiger partial charge is 0.465 e. The molecule has 0 atom stereocenters. The summed E-state index contributed by atoms with van der Waals surface area (Å²) in [7, 11) is 3.96. The van der Waals surface area contributed by atoms with Crippen LogP contribution >= 0.6 is 0 Å². The maximum Gasteiger partial charge on any atom is 0.339 e. The normalized spacial score (nSPS) is 11.4. The molecule has 0 bridgehead atoms. The summed E-state index contributed by atoms with van der Waals surface area (Å²) in [5.74, 6) is -1.33. The lowest BCUT2D eigenvalue weighted by atomic mass is 10.2. The van der Waals surface area contributed by atoms with Crippen molar-refractivity contribution in [1.82, 2.24) is 19.9 Å². The van der Waals surface area contributed by atoms with E-state index in [-0.39, 0.29) is 0 Å². The molecule has 0 aliphatic heterocycles. The quantitative estimate of drug-likeness (QED) is 0.147. The van der Waals surface area contributed by atoms with E-state index in [4.69, 9.17) is 0 Å². The van der Waals surface area contributed by atoms with Crippen LogP contribution in [0.1, 0.15) is 48.2 Å². The van der Waals surface area contributed by atoms with E-state index < -0.39 is 17.9 Å². The first-order chi connectivity index (χ1) is 20.9. The lowest BCUT2D eigenvalue weighted by molar-refractivity contribution is 0.0591. The molecule has 224 valence electrons. The smallest absolute Gasteiger partial charge is 0.339 e. The molecule has 3 heterocycles. The molecule has 0 aliphatic rings. The molecular formula is C30H33N7O6. The standard InChI is InChI=1S/C30H33N7O6/c1-41-28(38)22-4-7-25(34-16-22)19-31-10-13-37(14-11-32-20-26-8-5-23(17-35-26)29(39)42-2)15-12-33-21-27-9-6-24(18-36-27)30(40)43-3/h4-9,16-21H,10-15H2,1-3H3. The second kappa shape index (κ2) is 17.6. The Morgan fingerprint density at radius 2 is 0.884 bits per heavy atom. The van der Waals surface area contributed by atoms with Gasteiger partial charge in [-0.2, -0.15) is 0 Å². The highest BCUT2D eigenvalue weighted by atomic mass is 16.5. The SMILES string of the molecule is COC(=O)c1ccc(C=NCCN(CCN=Cc2ccc(C(=O)OC)cn2)CCN=Cc2ccc(C(=O)OC)cn2)nc1. The highest BCUT2D eigenvalue weighted by Crippen LogP contribution is 2.03. The molecule has 13 heteroatoms. The molecule has 0 amide bonds. The van der Waals surface area contributed by atoms with E-state index in [1.807, 2.05) is 0 Å². The van der Waals surface area contributed by atoms with Crippen LogP contribution in [0.3, 0.4) is 0 Å². The molecule has 3 aromatic heterocycles. The second-order valence-electron chi connectivity index (χ2n) is 8.84. The summed E-state index contributed by atoms with van der Waals surface area (Å²) < 4.78 is 14.1. The maximum absolute atomic E-state index is 11.6. The number of carbonyl (C=O) groups excluding carboxylic acids is 3. The molecule has 0 saturated heterocycles.